The number of halogens is 1. The highest BCUT2D eigenvalue weighted by atomic mass is 35.5. The van der Waals surface area contributed by atoms with Gasteiger partial charge >= 0.3 is 0 Å². The average Bonchev–Trinajstić information content (AvgIpc) is 2.33. The fraction of sp³-hybridized carbons (Fsp3) is 0. The number of rotatable bonds is 3. The molecule has 100 valence electrons. The molecule has 0 spiro atoms. The number of nitrogen functional groups attached to an aromatic ring is 1. The van der Waals surface area contributed by atoms with Gasteiger partial charge in [0, 0.05) is 16.8 Å². The molecule has 0 fully saturated rings. The summed E-state index contributed by atoms with van der Waals surface area (Å²) in [6, 6.07) is 7.84. The summed E-state index contributed by atoms with van der Waals surface area (Å²) in [4.78, 5) is 4.47. The number of nitrogens with zero attached hydrogens (tertiary/aromatic N) is 1. The van der Waals surface area contributed by atoms with E-state index in [1.165, 1.54) is 6.07 Å². The first kappa shape index (κ1) is 14.1. The largest absolute Gasteiger partial charge is 0.399 e. The van der Waals surface area contributed by atoms with Crippen molar-refractivity contribution in [3.8, 4) is 0 Å². The minimum absolute atomic E-state index is 0.0424. The van der Waals surface area contributed by atoms with E-state index in [1.807, 2.05) is 0 Å². The highest BCUT2D eigenvalue weighted by Gasteiger charge is 2.16. The molecule has 1 aromatic carbocycles. The fourth-order valence-corrected chi connectivity index (χ4v) is 3.52. The van der Waals surface area contributed by atoms with Gasteiger partial charge in [-0.15, -0.1) is 0 Å². The third kappa shape index (κ3) is 3.38. The van der Waals surface area contributed by atoms with Crippen LogP contribution in [0.5, 0.6) is 0 Å². The maximum atomic E-state index is 11.5. The summed E-state index contributed by atoms with van der Waals surface area (Å²) >= 11 is 7.10. The van der Waals surface area contributed by atoms with Crippen LogP contribution in [-0.2, 0) is 10.0 Å². The first-order valence-electron chi connectivity index (χ1n) is 5.08. The molecule has 19 heavy (non-hydrogen) atoms. The van der Waals surface area contributed by atoms with Gasteiger partial charge in [0.2, 0.25) is 10.0 Å². The summed E-state index contributed by atoms with van der Waals surface area (Å²) in [6.07, 6.45) is 1.57. The minimum Gasteiger partial charge on any atom is -0.399 e. The van der Waals surface area contributed by atoms with E-state index in [-0.39, 0.29) is 4.90 Å². The monoisotopic (exact) mass is 315 g/mol. The standard InChI is InChI=1S/C11H10ClN3O2S2/c12-8-2-1-5-15-11(8)18-9-4-3-7(13)6-10(9)19(14,16)17/h1-6H,13H2,(H2,14,16,17). The number of pyridine rings is 1. The second-order valence-corrected chi connectivity index (χ2v) is 6.61. The molecule has 0 bridgehead atoms. The molecule has 0 saturated carbocycles. The Kier molecular flexibility index (Phi) is 4.00. The van der Waals surface area contributed by atoms with Gasteiger partial charge in [-0.1, -0.05) is 23.4 Å². The van der Waals surface area contributed by atoms with Crippen LogP contribution in [0.1, 0.15) is 0 Å². The van der Waals surface area contributed by atoms with Gasteiger partial charge in [0.25, 0.3) is 0 Å². The summed E-state index contributed by atoms with van der Waals surface area (Å²) in [6.45, 7) is 0. The number of sulfonamides is 1. The predicted octanol–water partition coefficient (Wildman–Crippen LogP) is 2.12. The quantitative estimate of drug-likeness (QED) is 0.845. The molecule has 1 heterocycles. The van der Waals surface area contributed by atoms with Crippen molar-refractivity contribution in [1.82, 2.24) is 4.98 Å². The highest BCUT2D eigenvalue weighted by Crippen LogP contribution is 2.35. The minimum atomic E-state index is -3.86. The molecular formula is C11H10ClN3O2S2. The van der Waals surface area contributed by atoms with Crippen molar-refractivity contribution in [2.24, 2.45) is 5.14 Å². The summed E-state index contributed by atoms with van der Waals surface area (Å²) in [5.41, 5.74) is 5.90. The lowest BCUT2D eigenvalue weighted by Crippen LogP contribution is -2.13. The summed E-state index contributed by atoms with van der Waals surface area (Å²) in [5.74, 6) is 0. The molecule has 2 rings (SSSR count). The van der Waals surface area contributed by atoms with Gasteiger partial charge in [-0.05, 0) is 30.3 Å². The van der Waals surface area contributed by atoms with Crippen molar-refractivity contribution in [2.75, 3.05) is 5.73 Å². The zero-order valence-corrected chi connectivity index (χ0v) is 12.0. The van der Waals surface area contributed by atoms with Gasteiger partial charge < -0.3 is 5.73 Å². The van der Waals surface area contributed by atoms with E-state index in [0.29, 0.717) is 20.6 Å². The van der Waals surface area contributed by atoms with Crippen LogP contribution in [0.15, 0.2) is 51.3 Å². The third-order valence-electron chi connectivity index (χ3n) is 2.21. The van der Waals surface area contributed by atoms with Crippen LogP contribution in [0.2, 0.25) is 5.02 Å². The molecule has 4 N–H and O–H groups in total. The Morgan fingerprint density at radius 1 is 1.26 bits per heavy atom. The van der Waals surface area contributed by atoms with Crippen LogP contribution in [0.25, 0.3) is 0 Å². The van der Waals surface area contributed by atoms with E-state index < -0.39 is 10.0 Å². The molecule has 0 radical (unpaired) electrons. The van der Waals surface area contributed by atoms with Gasteiger partial charge in [-0.3, -0.25) is 0 Å². The van der Waals surface area contributed by atoms with Crippen LogP contribution >= 0.6 is 23.4 Å². The van der Waals surface area contributed by atoms with Crippen molar-refractivity contribution in [2.45, 2.75) is 14.8 Å². The second kappa shape index (κ2) is 5.38. The Bertz CT molecular complexity index is 720. The van der Waals surface area contributed by atoms with Gasteiger partial charge in [0.15, 0.2) is 0 Å². The predicted molar refractivity (Wildman–Crippen MR) is 75.6 cm³/mol. The second-order valence-electron chi connectivity index (χ2n) is 3.64. The number of primary sulfonamides is 1. The summed E-state index contributed by atoms with van der Waals surface area (Å²) in [7, 11) is -3.86. The number of hydrogen-bond acceptors (Lipinski definition) is 5. The Hall–Kier alpha value is -1.28. The van der Waals surface area contributed by atoms with Crippen LogP contribution < -0.4 is 10.9 Å². The molecular weight excluding hydrogens is 306 g/mol. The SMILES string of the molecule is Nc1ccc(Sc2ncccc2Cl)c(S(N)(=O)=O)c1. The van der Waals surface area contributed by atoms with E-state index in [1.54, 1.807) is 30.5 Å². The van der Waals surface area contributed by atoms with E-state index in [4.69, 9.17) is 22.5 Å². The van der Waals surface area contributed by atoms with E-state index in [0.717, 1.165) is 11.8 Å². The van der Waals surface area contributed by atoms with E-state index in [9.17, 15) is 8.42 Å². The zero-order valence-electron chi connectivity index (χ0n) is 9.58. The van der Waals surface area contributed by atoms with Crippen molar-refractivity contribution < 1.29 is 8.42 Å². The number of benzene rings is 1. The number of aromatic nitrogens is 1. The van der Waals surface area contributed by atoms with Crippen molar-refractivity contribution in [1.29, 1.82) is 0 Å². The maximum Gasteiger partial charge on any atom is 0.239 e. The molecule has 0 amide bonds. The van der Waals surface area contributed by atoms with Gasteiger partial charge in [0.1, 0.15) is 5.03 Å². The van der Waals surface area contributed by atoms with E-state index in [2.05, 4.69) is 4.98 Å². The molecule has 8 heteroatoms. The van der Waals surface area contributed by atoms with Crippen LogP contribution in [-0.4, -0.2) is 13.4 Å². The lowest BCUT2D eigenvalue weighted by atomic mass is 10.3. The third-order valence-corrected chi connectivity index (χ3v) is 4.80. The Balaban J connectivity index is 2.50. The normalized spacial score (nSPS) is 11.5. The molecule has 2 aromatic rings. The lowest BCUT2D eigenvalue weighted by Gasteiger charge is -2.08. The zero-order chi connectivity index (χ0) is 14.0. The van der Waals surface area contributed by atoms with Gasteiger partial charge in [0.05, 0.1) is 9.92 Å². The molecule has 0 atom stereocenters. The first-order chi connectivity index (χ1) is 8.88. The van der Waals surface area contributed by atoms with Crippen LogP contribution in [0.3, 0.4) is 0 Å². The fourth-order valence-electron chi connectivity index (χ4n) is 1.38. The molecule has 0 aliphatic heterocycles. The van der Waals surface area contributed by atoms with Crippen molar-refractivity contribution in [3.05, 3.63) is 41.6 Å². The van der Waals surface area contributed by atoms with Crippen LogP contribution in [0, 0.1) is 0 Å². The van der Waals surface area contributed by atoms with Crippen molar-refractivity contribution >= 4 is 39.1 Å². The molecule has 1 aromatic heterocycles. The van der Waals surface area contributed by atoms with E-state index >= 15 is 0 Å². The van der Waals surface area contributed by atoms with Gasteiger partial charge in [-0.25, -0.2) is 18.5 Å². The van der Waals surface area contributed by atoms with Crippen molar-refractivity contribution in [3.63, 3.8) is 0 Å². The van der Waals surface area contributed by atoms with Gasteiger partial charge in [-0.2, -0.15) is 0 Å². The Morgan fingerprint density at radius 3 is 2.63 bits per heavy atom. The van der Waals surface area contributed by atoms with Crippen LogP contribution in [0.4, 0.5) is 5.69 Å². The Labute approximate surface area is 120 Å². The molecule has 5 nitrogen and oxygen atoms in total. The maximum absolute atomic E-state index is 11.5. The molecule has 0 aliphatic rings. The average molecular weight is 316 g/mol. The molecule has 0 unspecified atom stereocenters. The number of anilines is 1. The molecule has 0 aliphatic carbocycles. The molecule has 0 saturated heterocycles. The first-order valence-corrected chi connectivity index (χ1v) is 7.83. The summed E-state index contributed by atoms with van der Waals surface area (Å²) < 4.78 is 23.1. The smallest absolute Gasteiger partial charge is 0.239 e. The lowest BCUT2D eigenvalue weighted by molar-refractivity contribution is 0.596. The highest BCUT2D eigenvalue weighted by molar-refractivity contribution is 8.00. The topological polar surface area (TPSA) is 99.1 Å². The number of nitrogens with two attached hydrogens (primary N) is 2. The summed E-state index contributed by atoms with van der Waals surface area (Å²) in [5, 5.41) is 6.10. The Morgan fingerprint density at radius 2 is 2.00 bits per heavy atom. The number of hydrogen-bond donors (Lipinski definition) is 2.